The predicted octanol–water partition coefficient (Wildman–Crippen LogP) is 1.000. The fourth-order valence-corrected chi connectivity index (χ4v) is 2.58. The van der Waals surface area contributed by atoms with Crippen LogP contribution in [0.1, 0.15) is 44.3 Å². The van der Waals surface area contributed by atoms with Crippen molar-refractivity contribution in [3.63, 3.8) is 0 Å². The van der Waals surface area contributed by atoms with Crippen LogP contribution < -0.4 is 5.32 Å². The number of hydrogen-bond donors (Lipinski definition) is 2. The van der Waals surface area contributed by atoms with Crippen molar-refractivity contribution in [1.82, 2.24) is 15.5 Å². The Balaban J connectivity index is 1.93. The van der Waals surface area contributed by atoms with E-state index in [9.17, 15) is 0 Å². The zero-order valence-electron chi connectivity index (χ0n) is 11.5. The molecule has 0 bridgehead atoms. The number of aliphatic hydroxyl groups is 1. The summed E-state index contributed by atoms with van der Waals surface area (Å²) in [5, 5.41) is 16.3. The molecule has 1 aliphatic rings. The average Bonchev–Trinajstić information content (AvgIpc) is 3.08. The first kappa shape index (κ1) is 14.4. The lowest BCUT2D eigenvalue weighted by atomic mass is 9.96. The van der Waals surface area contributed by atoms with Gasteiger partial charge in [0.25, 0.3) is 0 Å². The Morgan fingerprint density at radius 2 is 2.16 bits per heavy atom. The summed E-state index contributed by atoms with van der Waals surface area (Å²) in [6, 6.07) is 0. The normalized spacial score (nSPS) is 18.0. The van der Waals surface area contributed by atoms with Crippen molar-refractivity contribution in [2.45, 2.75) is 44.6 Å². The molecule has 6 heteroatoms. The Labute approximate surface area is 113 Å². The minimum Gasteiger partial charge on any atom is -0.394 e. The molecular formula is C13H23N3O3. The van der Waals surface area contributed by atoms with Crippen molar-refractivity contribution >= 4 is 0 Å². The van der Waals surface area contributed by atoms with Gasteiger partial charge in [-0.2, -0.15) is 4.98 Å². The molecule has 1 aromatic rings. The number of ether oxygens (including phenoxy) is 1. The molecule has 0 radical (unpaired) electrons. The van der Waals surface area contributed by atoms with E-state index in [0.717, 1.165) is 31.6 Å². The third-order valence-electron chi connectivity index (χ3n) is 3.60. The van der Waals surface area contributed by atoms with Gasteiger partial charge in [-0.25, -0.2) is 0 Å². The maximum absolute atomic E-state index is 8.66. The van der Waals surface area contributed by atoms with Crippen LogP contribution in [0.25, 0.3) is 0 Å². The van der Waals surface area contributed by atoms with E-state index in [1.807, 2.05) is 6.92 Å². The van der Waals surface area contributed by atoms with Crippen LogP contribution in [0.3, 0.4) is 0 Å². The van der Waals surface area contributed by atoms with Crippen LogP contribution in [0.15, 0.2) is 4.52 Å². The second kappa shape index (κ2) is 6.98. The van der Waals surface area contributed by atoms with Gasteiger partial charge in [-0.15, -0.1) is 0 Å². The van der Waals surface area contributed by atoms with Gasteiger partial charge in [0.15, 0.2) is 5.82 Å². The van der Waals surface area contributed by atoms with E-state index in [0.29, 0.717) is 19.1 Å². The summed E-state index contributed by atoms with van der Waals surface area (Å²) >= 11 is 0. The minimum absolute atomic E-state index is 0.0653. The Morgan fingerprint density at radius 1 is 1.37 bits per heavy atom. The summed E-state index contributed by atoms with van der Waals surface area (Å²) in [4.78, 5) is 4.48. The van der Waals surface area contributed by atoms with Crippen molar-refractivity contribution in [3.05, 3.63) is 11.7 Å². The smallest absolute Gasteiger partial charge is 0.226 e. The van der Waals surface area contributed by atoms with Crippen LogP contribution in [0.5, 0.6) is 0 Å². The van der Waals surface area contributed by atoms with E-state index >= 15 is 0 Å². The van der Waals surface area contributed by atoms with Crippen LogP contribution >= 0.6 is 0 Å². The molecular weight excluding hydrogens is 246 g/mol. The highest BCUT2D eigenvalue weighted by Gasteiger charge is 2.39. The molecule has 108 valence electrons. The second-order valence-corrected chi connectivity index (χ2v) is 4.92. The highest BCUT2D eigenvalue weighted by atomic mass is 16.5. The highest BCUT2D eigenvalue weighted by Crippen LogP contribution is 2.37. The van der Waals surface area contributed by atoms with Crippen LogP contribution in [0, 0.1) is 0 Å². The topological polar surface area (TPSA) is 80.4 Å². The lowest BCUT2D eigenvalue weighted by Crippen LogP contribution is -2.42. The SMILES string of the molecule is CCc1nc(C2(NCCOCCO)CCCC2)no1. The van der Waals surface area contributed by atoms with Crippen molar-refractivity contribution in [2.24, 2.45) is 0 Å². The van der Waals surface area contributed by atoms with Crippen molar-refractivity contribution in [3.8, 4) is 0 Å². The fraction of sp³-hybridized carbons (Fsp3) is 0.846. The first-order valence-corrected chi connectivity index (χ1v) is 7.07. The minimum atomic E-state index is -0.153. The van der Waals surface area contributed by atoms with Gasteiger partial charge < -0.3 is 19.7 Å². The van der Waals surface area contributed by atoms with Crippen LogP contribution in [-0.2, 0) is 16.7 Å². The van der Waals surface area contributed by atoms with Crippen LogP contribution in [0.4, 0.5) is 0 Å². The third-order valence-corrected chi connectivity index (χ3v) is 3.60. The molecule has 1 heterocycles. The maximum atomic E-state index is 8.66. The van der Waals surface area contributed by atoms with Crippen molar-refractivity contribution in [2.75, 3.05) is 26.4 Å². The highest BCUT2D eigenvalue weighted by molar-refractivity contribution is 5.08. The standard InChI is InChI=1S/C13H23N3O3/c1-2-11-15-12(16-19-11)13(5-3-4-6-13)14-7-9-18-10-8-17/h14,17H,2-10H2,1H3. The molecule has 1 aromatic heterocycles. The van der Waals surface area contributed by atoms with Crippen LogP contribution in [0.2, 0.25) is 0 Å². The van der Waals surface area contributed by atoms with E-state index in [1.54, 1.807) is 0 Å². The van der Waals surface area contributed by atoms with Gasteiger partial charge in [-0.05, 0) is 12.8 Å². The van der Waals surface area contributed by atoms with Gasteiger partial charge in [-0.1, -0.05) is 24.9 Å². The molecule has 1 saturated carbocycles. The second-order valence-electron chi connectivity index (χ2n) is 4.92. The van der Waals surface area contributed by atoms with Gasteiger partial charge in [0.05, 0.1) is 25.4 Å². The average molecular weight is 269 g/mol. The van der Waals surface area contributed by atoms with E-state index in [-0.39, 0.29) is 12.1 Å². The number of rotatable bonds is 8. The number of hydrogen-bond acceptors (Lipinski definition) is 6. The molecule has 2 rings (SSSR count). The van der Waals surface area contributed by atoms with E-state index in [1.165, 1.54) is 12.8 Å². The molecule has 0 aromatic carbocycles. The molecule has 0 atom stereocenters. The number of aryl methyl sites for hydroxylation is 1. The Bertz CT molecular complexity index is 375. The van der Waals surface area contributed by atoms with Crippen molar-refractivity contribution < 1.29 is 14.4 Å². The molecule has 19 heavy (non-hydrogen) atoms. The number of aromatic nitrogens is 2. The summed E-state index contributed by atoms with van der Waals surface area (Å²) in [6.07, 6.45) is 5.20. The lowest BCUT2D eigenvalue weighted by molar-refractivity contribution is 0.0885. The summed E-state index contributed by atoms with van der Waals surface area (Å²) < 4.78 is 10.5. The van der Waals surface area contributed by atoms with Crippen molar-refractivity contribution in [1.29, 1.82) is 0 Å². The number of aliphatic hydroxyl groups excluding tert-OH is 1. The molecule has 0 unspecified atom stereocenters. The third kappa shape index (κ3) is 3.52. The molecule has 0 amide bonds. The monoisotopic (exact) mass is 269 g/mol. The fourth-order valence-electron chi connectivity index (χ4n) is 2.58. The van der Waals surface area contributed by atoms with E-state index in [2.05, 4.69) is 15.5 Å². The number of nitrogens with zero attached hydrogens (tertiary/aromatic N) is 2. The Hall–Kier alpha value is -0.980. The van der Waals surface area contributed by atoms with E-state index in [4.69, 9.17) is 14.4 Å². The van der Waals surface area contributed by atoms with Gasteiger partial charge in [0.1, 0.15) is 0 Å². The summed E-state index contributed by atoms with van der Waals surface area (Å²) in [5.74, 6) is 1.48. The quantitative estimate of drug-likeness (QED) is 0.685. The zero-order chi connectivity index (χ0) is 13.6. The van der Waals surface area contributed by atoms with Gasteiger partial charge in [0.2, 0.25) is 5.89 Å². The zero-order valence-corrected chi connectivity index (χ0v) is 11.5. The first-order valence-electron chi connectivity index (χ1n) is 7.07. The molecule has 0 saturated heterocycles. The van der Waals surface area contributed by atoms with Gasteiger partial charge >= 0.3 is 0 Å². The molecule has 1 fully saturated rings. The predicted molar refractivity (Wildman–Crippen MR) is 69.7 cm³/mol. The molecule has 2 N–H and O–H groups in total. The molecule has 0 aliphatic heterocycles. The maximum Gasteiger partial charge on any atom is 0.226 e. The number of nitrogens with one attached hydrogen (secondary N) is 1. The summed E-state index contributed by atoms with van der Waals surface area (Å²) in [7, 11) is 0. The summed E-state index contributed by atoms with van der Waals surface area (Å²) in [5.41, 5.74) is -0.153. The molecule has 0 spiro atoms. The Morgan fingerprint density at radius 3 is 2.79 bits per heavy atom. The van der Waals surface area contributed by atoms with Crippen LogP contribution in [-0.4, -0.2) is 41.6 Å². The molecule has 6 nitrogen and oxygen atoms in total. The first-order chi connectivity index (χ1) is 9.30. The van der Waals surface area contributed by atoms with Gasteiger partial charge in [-0.3, -0.25) is 0 Å². The molecule has 1 aliphatic carbocycles. The Kier molecular flexibility index (Phi) is 5.30. The largest absolute Gasteiger partial charge is 0.394 e. The summed E-state index contributed by atoms with van der Waals surface area (Å²) in [6.45, 7) is 3.78. The lowest BCUT2D eigenvalue weighted by Gasteiger charge is -2.26. The van der Waals surface area contributed by atoms with E-state index < -0.39 is 0 Å². The van der Waals surface area contributed by atoms with Gasteiger partial charge in [0, 0.05) is 13.0 Å².